The number of hydrogen-bond donors (Lipinski definition) is 3. The summed E-state index contributed by atoms with van der Waals surface area (Å²) in [7, 11) is 0. The van der Waals surface area contributed by atoms with E-state index in [4.69, 9.17) is 28.9 Å². The fourth-order valence-corrected chi connectivity index (χ4v) is 4.31. The molecule has 8 heteroatoms. The number of rotatable bonds is 6. The summed E-state index contributed by atoms with van der Waals surface area (Å²) in [5.74, 6) is -1.20. The third-order valence-corrected chi connectivity index (χ3v) is 5.37. The van der Waals surface area contributed by atoms with Gasteiger partial charge in [-0.3, -0.25) is 15.2 Å². The molecule has 142 valence electrons. The maximum Gasteiger partial charge on any atom is 0.328 e. The molecule has 0 fully saturated rings. The lowest BCUT2D eigenvalue weighted by atomic mass is 9.81. The van der Waals surface area contributed by atoms with Crippen LogP contribution in [0.4, 0.5) is 5.69 Å². The summed E-state index contributed by atoms with van der Waals surface area (Å²) in [6.45, 7) is 0.394. The number of anilines is 1. The molecule has 27 heavy (non-hydrogen) atoms. The van der Waals surface area contributed by atoms with Gasteiger partial charge in [0.05, 0.1) is 5.69 Å². The Kier molecular flexibility index (Phi) is 5.89. The van der Waals surface area contributed by atoms with E-state index in [2.05, 4.69) is 5.43 Å². The van der Waals surface area contributed by atoms with E-state index >= 15 is 0 Å². The molecule has 2 aromatic carbocycles. The monoisotopic (exact) mass is 407 g/mol. The van der Waals surface area contributed by atoms with Gasteiger partial charge in [-0.1, -0.05) is 47.5 Å². The maximum absolute atomic E-state index is 11.9. The molecule has 4 N–H and O–H groups in total. The Morgan fingerprint density at radius 2 is 2.00 bits per heavy atom. The van der Waals surface area contributed by atoms with Gasteiger partial charge in [-0.25, -0.2) is 4.79 Å². The lowest BCUT2D eigenvalue weighted by Gasteiger charge is -2.40. The third kappa shape index (κ3) is 3.88. The highest BCUT2D eigenvalue weighted by Gasteiger charge is 2.38. The lowest BCUT2D eigenvalue weighted by Crippen LogP contribution is -2.53. The lowest BCUT2D eigenvalue weighted by molar-refractivity contribution is -0.139. The van der Waals surface area contributed by atoms with Crippen LogP contribution in [0, 0.1) is 0 Å². The third-order valence-electron chi connectivity index (χ3n) is 4.84. The molecule has 1 aliphatic heterocycles. The van der Waals surface area contributed by atoms with Gasteiger partial charge < -0.3 is 10.8 Å². The molecule has 1 aliphatic rings. The summed E-state index contributed by atoms with van der Waals surface area (Å²) in [5.41, 5.74) is 11.6. The van der Waals surface area contributed by atoms with Gasteiger partial charge in [0, 0.05) is 16.6 Å². The standard InChI is InChI=1S/C19H19Cl2N3O3/c20-14-7-15(21)18-13(5-11-3-1-2-4-12(11)9-22)6-17(19(26)27)24(23-10-25)16(18)8-14/h1-4,7-8,10,13,17H,5-6,9,22H2,(H,23,25)(H,26,27)/t13-,17+/m1/s1. The number of hydrogen-bond acceptors (Lipinski definition) is 4. The van der Waals surface area contributed by atoms with Gasteiger partial charge in [-0.15, -0.1) is 0 Å². The van der Waals surface area contributed by atoms with Gasteiger partial charge in [0.25, 0.3) is 0 Å². The first-order valence-corrected chi connectivity index (χ1v) is 9.19. The smallest absolute Gasteiger partial charge is 0.328 e. The summed E-state index contributed by atoms with van der Waals surface area (Å²) >= 11 is 12.6. The van der Waals surface area contributed by atoms with Crippen LogP contribution in [0.5, 0.6) is 0 Å². The highest BCUT2D eigenvalue weighted by molar-refractivity contribution is 6.35. The normalized spacial score (nSPS) is 18.7. The number of carboxylic acids is 1. The topological polar surface area (TPSA) is 95.7 Å². The molecule has 6 nitrogen and oxygen atoms in total. The number of halogens is 2. The second-order valence-electron chi connectivity index (χ2n) is 6.40. The molecule has 0 saturated carbocycles. The summed E-state index contributed by atoms with van der Waals surface area (Å²) in [4.78, 5) is 22.9. The van der Waals surface area contributed by atoms with Crippen LogP contribution in [-0.2, 0) is 22.6 Å². The molecular formula is C19H19Cl2N3O3. The molecule has 0 unspecified atom stereocenters. The Balaban J connectivity index is 2.10. The van der Waals surface area contributed by atoms with E-state index in [1.807, 2.05) is 24.3 Å². The number of fused-ring (bicyclic) bond motifs is 1. The Morgan fingerprint density at radius 1 is 1.30 bits per heavy atom. The van der Waals surface area contributed by atoms with Crippen molar-refractivity contribution in [1.29, 1.82) is 0 Å². The molecule has 0 spiro atoms. The number of carboxylic acid groups (broad SMARTS) is 1. The molecule has 1 heterocycles. The van der Waals surface area contributed by atoms with E-state index in [-0.39, 0.29) is 12.3 Å². The van der Waals surface area contributed by atoms with Crippen molar-refractivity contribution in [3.05, 3.63) is 63.1 Å². The van der Waals surface area contributed by atoms with Crippen LogP contribution in [0.2, 0.25) is 10.0 Å². The Bertz CT molecular complexity index is 875. The zero-order chi connectivity index (χ0) is 19.6. The van der Waals surface area contributed by atoms with E-state index in [0.717, 1.165) is 16.7 Å². The second-order valence-corrected chi connectivity index (χ2v) is 7.24. The number of nitrogens with two attached hydrogens (primary N) is 1. The summed E-state index contributed by atoms with van der Waals surface area (Å²) in [6, 6.07) is 10.1. The van der Waals surface area contributed by atoms with Crippen LogP contribution in [0.3, 0.4) is 0 Å². The number of hydrazine groups is 1. The van der Waals surface area contributed by atoms with Crippen molar-refractivity contribution in [3.8, 4) is 0 Å². The first-order valence-electron chi connectivity index (χ1n) is 8.43. The first-order chi connectivity index (χ1) is 13.0. The van der Waals surface area contributed by atoms with Crippen LogP contribution >= 0.6 is 23.2 Å². The number of nitrogens with zero attached hydrogens (tertiary/aromatic N) is 1. The van der Waals surface area contributed by atoms with Crippen LogP contribution in [0.1, 0.15) is 29.0 Å². The van der Waals surface area contributed by atoms with Gasteiger partial charge in [-0.05, 0) is 47.6 Å². The predicted octanol–water partition coefficient (Wildman–Crippen LogP) is 3.10. The zero-order valence-corrected chi connectivity index (χ0v) is 15.9. The maximum atomic E-state index is 11.9. The second kappa shape index (κ2) is 8.17. The molecule has 0 aliphatic carbocycles. The predicted molar refractivity (Wildman–Crippen MR) is 105 cm³/mol. The van der Waals surface area contributed by atoms with Gasteiger partial charge in [0.2, 0.25) is 6.41 Å². The van der Waals surface area contributed by atoms with Crippen LogP contribution in [0.15, 0.2) is 36.4 Å². The fraction of sp³-hybridized carbons (Fsp3) is 0.263. The fourth-order valence-electron chi connectivity index (χ4n) is 3.67. The van der Waals surface area contributed by atoms with E-state index in [9.17, 15) is 14.7 Å². The average molecular weight is 408 g/mol. The highest BCUT2D eigenvalue weighted by atomic mass is 35.5. The highest BCUT2D eigenvalue weighted by Crippen LogP contribution is 2.45. The Labute approximate surface area is 166 Å². The number of carbonyl (C=O) groups excluding carboxylic acids is 1. The minimum Gasteiger partial charge on any atom is -0.480 e. The van der Waals surface area contributed by atoms with Crippen molar-refractivity contribution in [2.75, 3.05) is 5.01 Å². The molecule has 3 rings (SSSR count). The Morgan fingerprint density at radius 3 is 2.63 bits per heavy atom. The minimum absolute atomic E-state index is 0.164. The quantitative estimate of drug-likeness (QED) is 0.639. The van der Waals surface area contributed by atoms with Crippen molar-refractivity contribution in [3.63, 3.8) is 0 Å². The molecule has 2 atom stereocenters. The largest absolute Gasteiger partial charge is 0.480 e. The Hall–Kier alpha value is -2.28. The van der Waals surface area contributed by atoms with Gasteiger partial charge in [-0.2, -0.15) is 0 Å². The van der Waals surface area contributed by atoms with Crippen LogP contribution in [-0.4, -0.2) is 23.5 Å². The SMILES string of the molecule is NCc1ccccc1C[C@@H]1C[C@@H](C(=O)O)N(NC=O)c2cc(Cl)cc(Cl)c21. The zero-order valence-electron chi connectivity index (χ0n) is 14.4. The van der Waals surface area contributed by atoms with Crippen LogP contribution in [0.25, 0.3) is 0 Å². The molecule has 0 aromatic heterocycles. The van der Waals surface area contributed by atoms with Crippen molar-refractivity contribution >= 4 is 41.3 Å². The number of carbonyl (C=O) groups is 2. The van der Waals surface area contributed by atoms with E-state index < -0.39 is 12.0 Å². The molecule has 1 amide bonds. The molecular weight excluding hydrogens is 389 g/mol. The molecule has 2 aromatic rings. The van der Waals surface area contributed by atoms with E-state index in [0.29, 0.717) is 35.1 Å². The molecule has 0 bridgehead atoms. The summed E-state index contributed by atoms with van der Waals surface area (Å²) in [5, 5.41) is 11.8. The average Bonchev–Trinajstić information content (AvgIpc) is 2.63. The van der Waals surface area contributed by atoms with Crippen molar-refractivity contribution in [1.82, 2.24) is 5.43 Å². The molecule has 0 radical (unpaired) electrons. The van der Waals surface area contributed by atoms with Crippen LogP contribution < -0.4 is 16.2 Å². The summed E-state index contributed by atoms with van der Waals surface area (Å²) in [6.07, 6.45) is 1.31. The van der Waals surface area contributed by atoms with Crippen molar-refractivity contribution in [2.24, 2.45) is 5.73 Å². The number of benzene rings is 2. The van der Waals surface area contributed by atoms with E-state index in [1.165, 1.54) is 5.01 Å². The van der Waals surface area contributed by atoms with Gasteiger partial charge in [0.1, 0.15) is 6.04 Å². The van der Waals surface area contributed by atoms with E-state index in [1.54, 1.807) is 12.1 Å². The van der Waals surface area contributed by atoms with Gasteiger partial charge >= 0.3 is 5.97 Å². The number of nitrogens with one attached hydrogen (secondary N) is 1. The van der Waals surface area contributed by atoms with Crippen molar-refractivity contribution in [2.45, 2.75) is 31.3 Å². The number of aliphatic carboxylic acids is 1. The molecule has 0 saturated heterocycles. The van der Waals surface area contributed by atoms with Gasteiger partial charge in [0.15, 0.2) is 0 Å². The van der Waals surface area contributed by atoms with Crippen molar-refractivity contribution < 1.29 is 14.7 Å². The summed E-state index contributed by atoms with van der Waals surface area (Å²) < 4.78 is 0. The minimum atomic E-state index is -1.04. The first kappa shape index (κ1) is 19.5. The number of amides is 1.